The first-order chi connectivity index (χ1) is 15.6. The van der Waals surface area contributed by atoms with Crippen molar-refractivity contribution >= 4 is 46.7 Å². The summed E-state index contributed by atoms with van der Waals surface area (Å²) in [7, 11) is 0. The van der Waals surface area contributed by atoms with Gasteiger partial charge in [-0.25, -0.2) is 4.98 Å². The second-order valence-electron chi connectivity index (χ2n) is 8.73. The van der Waals surface area contributed by atoms with E-state index in [0.717, 1.165) is 5.56 Å². The van der Waals surface area contributed by atoms with Crippen LogP contribution in [0.25, 0.3) is 0 Å². The fraction of sp³-hybridized carbons (Fsp3) is 0.391. The van der Waals surface area contributed by atoms with Crippen molar-refractivity contribution in [2.45, 2.75) is 38.4 Å². The van der Waals surface area contributed by atoms with Gasteiger partial charge in [-0.15, -0.1) is 0 Å². The summed E-state index contributed by atoms with van der Waals surface area (Å²) in [4.78, 5) is 48.1. The van der Waals surface area contributed by atoms with Gasteiger partial charge in [-0.1, -0.05) is 29.3 Å². The number of primary amides is 1. The topological polar surface area (TPSA) is 99.8 Å². The number of benzene rings is 1. The zero-order valence-electron chi connectivity index (χ0n) is 18.4. The van der Waals surface area contributed by atoms with Crippen molar-refractivity contribution in [3.63, 3.8) is 0 Å². The number of halogens is 2. The van der Waals surface area contributed by atoms with Crippen LogP contribution < -0.4 is 10.6 Å². The Morgan fingerprint density at radius 1 is 1.18 bits per heavy atom. The minimum absolute atomic E-state index is 0.0329. The number of hydrogen-bond donors (Lipinski definition) is 1. The van der Waals surface area contributed by atoms with Gasteiger partial charge in [0.25, 0.3) is 5.91 Å². The molecule has 1 unspecified atom stereocenters. The van der Waals surface area contributed by atoms with Crippen molar-refractivity contribution in [2.24, 2.45) is 5.73 Å². The molecule has 33 heavy (non-hydrogen) atoms. The maximum absolute atomic E-state index is 13.8. The lowest BCUT2D eigenvalue weighted by atomic mass is 9.89. The first kappa shape index (κ1) is 23.3. The molecule has 0 aliphatic carbocycles. The highest BCUT2D eigenvalue weighted by molar-refractivity contribution is 6.42. The van der Waals surface area contributed by atoms with Gasteiger partial charge >= 0.3 is 0 Å². The van der Waals surface area contributed by atoms with Gasteiger partial charge in [0, 0.05) is 25.3 Å². The summed E-state index contributed by atoms with van der Waals surface area (Å²) in [6.07, 6.45) is 1.88. The van der Waals surface area contributed by atoms with E-state index in [2.05, 4.69) is 4.98 Å². The number of carbonyl (C=O) groups is 3. The molecule has 2 fully saturated rings. The van der Waals surface area contributed by atoms with Gasteiger partial charge in [0.05, 0.1) is 22.2 Å². The molecule has 3 amide bonds. The van der Waals surface area contributed by atoms with E-state index < -0.39 is 11.4 Å². The summed E-state index contributed by atoms with van der Waals surface area (Å²) in [5, 5.41) is 0.828. The number of pyridine rings is 1. The molecule has 1 atom stereocenters. The highest BCUT2D eigenvalue weighted by atomic mass is 35.5. The molecule has 2 aliphatic heterocycles. The van der Waals surface area contributed by atoms with E-state index in [9.17, 15) is 14.4 Å². The molecule has 174 valence electrons. The number of rotatable bonds is 5. The number of carbonyl (C=O) groups excluding carboxylic acids is 3. The van der Waals surface area contributed by atoms with Gasteiger partial charge in [0.2, 0.25) is 11.8 Å². The average Bonchev–Trinajstić information content (AvgIpc) is 3.22. The molecule has 2 saturated heterocycles. The molecular formula is C23H25Cl2N5O3. The summed E-state index contributed by atoms with van der Waals surface area (Å²) in [6.45, 7) is 4.92. The first-order valence-corrected chi connectivity index (χ1v) is 11.4. The van der Waals surface area contributed by atoms with Gasteiger partial charge in [-0.3, -0.25) is 14.4 Å². The number of piperazine rings is 1. The summed E-state index contributed by atoms with van der Waals surface area (Å²) >= 11 is 12.2. The Bertz CT molecular complexity index is 1110. The molecule has 2 N–H and O–H groups in total. The third-order valence-electron chi connectivity index (χ3n) is 6.33. The van der Waals surface area contributed by atoms with E-state index in [0.29, 0.717) is 40.9 Å². The number of hydrogen-bond acceptors (Lipinski definition) is 5. The maximum atomic E-state index is 13.8. The first-order valence-electron chi connectivity index (χ1n) is 10.7. The van der Waals surface area contributed by atoms with Gasteiger partial charge in [0.1, 0.15) is 17.9 Å². The summed E-state index contributed by atoms with van der Waals surface area (Å²) in [5.41, 5.74) is 5.39. The van der Waals surface area contributed by atoms with Crippen molar-refractivity contribution in [2.75, 3.05) is 24.5 Å². The zero-order chi connectivity index (χ0) is 23.9. The predicted molar refractivity (Wildman–Crippen MR) is 126 cm³/mol. The SMILES string of the molecule is CC(C)N1CC(=O)N(Cc2ccc(Cl)c(Cl)c2)C2(CCN(c3ccc(C(N)=O)cn3)C2)C1=O. The van der Waals surface area contributed by atoms with Crippen LogP contribution in [0.3, 0.4) is 0 Å². The molecule has 4 rings (SSSR count). The largest absolute Gasteiger partial charge is 0.366 e. The van der Waals surface area contributed by atoms with E-state index in [1.807, 2.05) is 24.8 Å². The second kappa shape index (κ2) is 8.83. The Morgan fingerprint density at radius 2 is 1.94 bits per heavy atom. The summed E-state index contributed by atoms with van der Waals surface area (Å²) in [5.74, 6) is -0.129. The molecule has 0 bridgehead atoms. The number of nitrogens with two attached hydrogens (primary N) is 1. The Kier molecular flexibility index (Phi) is 6.24. The second-order valence-corrected chi connectivity index (χ2v) is 9.54. The highest BCUT2D eigenvalue weighted by Crippen LogP contribution is 2.37. The van der Waals surface area contributed by atoms with Crippen molar-refractivity contribution in [1.82, 2.24) is 14.8 Å². The van der Waals surface area contributed by atoms with Crippen LogP contribution in [0.2, 0.25) is 10.0 Å². The van der Waals surface area contributed by atoms with E-state index in [1.54, 1.807) is 34.1 Å². The minimum atomic E-state index is -1.03. The van der Waals surface area contributed by atoms with Crippen LogP contribution in [0.15, 0.2) is 36.5 Å². The van der Waals surface area contributed by atoms with Crippen LogP contribution in [-0.4, -0.2) is 63.7 Å². The quantitative estimate of drug-likeness (QED) is 0.695. The maximum Gasteiger partial charge on any atom is 0.251 e. The van der Waals surface area contributed by atoms with Crippen LogP contribution >= 0.6 is 23.2 Å². The van der Waals surface area contributed by atoms with Gasteiger partial charge in [-0.05, 0) is 50.1 Å². The number of aromatic nitrogens is 1. The molecule has 8 nitrogen and oxygen atoms in total. The average molecular weight is 490 g/mol. The Hall–Kier alpha value is -2.84. The van der Waals surface area contributed by atoms with Crippen LogP contribution in [0.5, 0.6) is 0 Å². The number of amides is 3. The number of anilines is 1. The van der Waals surface area contributed by atoms with Crippen LogP contribution in [-0.2, 0) is 16.1 Å². The van der Waals surface area contributed by atoms with Crippen LogP contribution in [0.1, 0.15) is 36.2 Å². The zero-order valence-corrected chi connectivity index (χ0v) is 19.9. The molecule has 2 aromatic rings. The Balaban J connectivity index is 1.68. The van der Waals surface area contributed by atoms with Crippen molar-refractivity contribution < 1.29 is 14.4 Å². The van der Waals surface area contributed by atoms with Crippen molar-refractivity contribution in [3.8, 4) is 0 Å². The van der Waals surface area contributed by atoms with Crippen LogP contribution in [0.4, 0.5) is 5.82 Å². The highest BCUT2D eigenvalue weighted by Gasteiger charge is 2.56. The molecule has 3 heterocycles. The molecule has 0 saturated carbocycles. The Morgan fingerprint density at radius 3 is 2.55 bits per heavy atom. The third-order valence-corrected chi connectivity index (χ3v) is 7.07. The minimum Gasteiger partial charge on any atom is -0.366 e. The molecule has 0 radical (unpaired) electrons. The predicted octanol–water partition coefficient (Wildman–Crippen LogP) is 2.72. The van der Waals surface area contributed by atoms with Gasteiger partial charge in [-0.2, -0.15) is 0 Å². The van der Waals surface area contributed by atoms with Gasteiger partial charge < -0.3 is 20.4 Å². The monoisotopic (exact) mass is 489 g/mol. The lowest BCUT2D eigenvalue weighted by molar-refractivity contribution is -0.166. The molecule has 10 heteroatoms. The lowest BCUT2D eigenvalue weighted by Crippen LogP contribution is -2.69. The normalized spacial score (nSPS) is 20.9. The molecule has 1 spiro atoms. The fourth-order valence-corrected chi connectivity index (χ4v) is 4.83. The summed E-state index contributed by atoms with van der Waals surface area (Å²) in [6, 6.07) is 8.43. The van der Waals surface area contributed by atoms with Crippen molar-refractivity contribution in [1.29, 1.82) is 0 Å². The van der Waals surface area contributed by atoms with Gasteiger partial charge in [0.15, 0.2) is 0 Å². The van der Waals surface area contributed by atoms with E-state index in [1.165, 1.54) is 6.20 Å². The Labute approximate surface area is 202 Å². The van der Waals surface area contributed by atoms with Crippen LogP contribution in [0, 0.1) is 0 Å². The number of nitrogens with zero attached hydrogens (tertiary/aromatic N) is 4. The fourth-order valence-electron chi connectivity index (χ4n) is 4.50. The van der Waals surface area contributed by atoms with Crippen molar-refractivity contribution in [3.05, 3.63) is 57.7 Å². The van der Waals surface area contributed by atoms with E-state index >= 15 is 0 Å². The molecule has 1 aromatic carbocycles. The standard InChI is InChI=1S/C23H25Cl2N5O3/c1-14(2)29-12-20(31)30(11-15-3-5-17(24)18(25)9-15)23(22(29)33)7-8-28(13-23)19-6-4-16(10-27-19)21(26)32/h3-6,9-10,14H,7-8,11-13H2,1-2H3,(H2,26,32). The molecular weight excluding hydrogens is 465 g/mol. The third kappa shape index (κ3) is 4.25. The molecule has 1 aromatic heterocycles. The van der Waals surface area contributed by atoms with E-state index in [-0.39, 0.29) is 30.9 Å². The van der Waals surface area contributed by atoms with E-state index in [4.69, 9.17) is 28.9 Å². The molecule has 2 aliphatic rings. The summed E-state index contributed by atoms with van der Waals surface area (Å²) < 4.78 is 0. The lowest BCUT2D eigenvalue weighted by Gasteiger charge is -2.48. The smallest absolute Gasteiger partial charge is 0.251 e.